The molecule has 0 bridgehead atoms. The van der Waals surface area contributed by atoms with E-state index < -0.39 is 0 Å². The molecule has 0 aliphatic carbocycles. The molecule has 1 N–H and O–H groups in total. The van der Waals surface area contributed by atoms with Crippen molar-refractivity contribution in [3.05, 3.63) is 57.4 Å². The van der Waals surface area contributed by atoms with Crippen LogP contribution in [-0.2, 0) is 4.79 Å². The van der Waals surface area contributed by atoms with E-state index in [1.807, 2.05) is 0 Å². The molecule has 0 fully saturated rings. The molecule has 0 spiro atoms. The molecule has 1 aromatic carbocycles. The quantitative estimate of drug-likeness (QED) is 0.647. The van der Waals surface area contributed by atoms with Crippen LogP contribution in [0.1, 0.15) is 5.76 Å². The van der Waals surface area contributed by atoms with Crippen LogP contribution in [-0.4, -0.2) is 5.91 Å². The molecular weight excluding hydrogens is 309 g/mol. The molecule has 2 rings (SSSR count). The lowest BCUT2D eigenvalue weighted by atomic mass is 10.3. The molecule has 0 unspecified atom stereocenters. The molecule has 98 valence electrons. The zero-order valence-electron chi connectivity index (χ0n) is 9.49. The Morgan fingerprint density at radius 3 is 2.58 bits per heavy atom. The van der Waals surface area contributed by atoms with Crippen LogP contribution in [0.15, 0.2) is 41.0 Å². The first-order valence-corrected chi connectivity index (χ1v) is 6.37. The van der Waals surface area contributed by atoms with E-state index >= 15 is 0 Å². The van der Waals surface area contributed by atoms with Gasteiger partial charge in [0.15, 0.2) is 0 Å². The number of rotatable bonds is 3. The van der Waals surface area contributed by atoms with Crippen molar-refractivity contribution >= 4 is 52.5 Å². The fraction of sp³-hybridized carbons (Fsp3) is 0. The zero-order valence-corrected chi connectivity index (χ0v) is 11.8. The van der Waals surface area contributed by atoms with Gasteiger partial charge in [0, 0.05) is 6.08 Å². The number of hydrogen-bond acceptors (Lipinski definition) is 2. The highest BCUT2D eigenvalue weighted by atomic mass is 35.5. The van der Waals surface area contributed by atoms with Crippen molar-refractivity contribution in [1.29, 1.82) is 0 Å². The fourth-order valence-corrected chi connectivity index (χ4v) is 1.93. The summed E-state index contributed by atoms with van der Waals surface area (Å²) in [6.07, 6.45) is 4.39. The van der Waals surface area contributed by atoms with Crippen molar-refractivity contribution in [2.24, 2.45) is 0 Å². The minimum Gasteiger partial charge on any atom is -0.465 e. The van der Waals surface area contributed by atoms with Crippen LogP contribution in [0.4, 0.5) is 5.69 Å². The molecule has 1 aromatic heterocycles. The predicted molar refractivity (Wildman–Crippen MR) is 77.8 cm³/mol. The summed E-state index contributed by atoms with van der Waals surface area (Å²) in [6.45, 7) is 0. The number of nitrogens with one attached hydrogen (secondary N) is 1. The Morgan fingerprint density at radius 1 is 1.16 bits per heavy atom. The van der Waals surface area contributed by atoms with Gasteiger partial charge in [0.25, 0.3) is 0 Å². The smallest absolute Gasteiger partial charge is 0.248 e. The molecule has 19 heavy (non-hydrogen) atoms. The monoisotopic (exact) mass is 315 g/mol. The van der Waals surface area contributed by atoms with Gasteiger partial charge >= 0.3 is 0 Å². The van der Waals surface area contributed by atoms with E-state index in [1.165, 1.54) is 24.5 Å². The van der Waals surface area contributed by atoms with E-state index in [4.69, 9.17) is 39.2 Å². The van der Waals surface area contributed by atoms with Crippen LogP contribution < -0.4 is 5.32 Å². The average Bonchev–Trinajstić information content (AvgIpc) is 2.86. The summed E-state index contributed by atoms with van der Waals surface area (Å²) in [7, 11) is 0. The summed E-state index contributed by atoms with van der Waals surface area (Å²) in [6, 6.07) is 6.42. The van der Waals surface area contributed by atoms with E-state index in [-0.39, 0.29) is 5.91 Å². The third kappa shape index (κ3) is 3.77. The Morgan fingerprint density at radius 2 is 1.89 bits per heavy atom. The van der Waals surface area contributed by atoms with E-state index in [0.717, 1.165) is 0 Å². The summed E-state index contributed by atoms with van der Waals surface area (Å²) < 4.78 is 5.06. The van der Waals surface area contributed by atoms with Gasteiger partial charge in [-0.05, 0) is 30.3 Å². The van der Waals surface area contributed by atoms with E-state index in [9.17, 15) is 4.79 Å². The summed E-state index contributed by atoms with van der Waals surface area (Å²) in [5.41, 5.74) is 0.394. The fourth-order valence-electron chi connectivity index (χ4n) is 1.34. The van der Waals surface area contributed by atoms with Gasteiger partial charge in [-0.3, -0.25) is 4.79 Å². The van der Waals surface area contributed by atoms with Crippen molar-refractivity contribution in [3.63, 3.8) is 0 Å². The number of anilines is 1. The van der Waals surface area contributed by atoms with Crippen LogP contribution in [0, 0.1) is 0 Å². The molecular formula is C13H8Cl3NO2. The third-order valence-electron chi connectivity index (χ3n) is 2.21. The average molecular weight is 317 g/mol. The van der Waals surface area contributed by atoms with Crippen LogP contribution >= 0.6 is 34.8 Å². The maximum Gasteiger partial charge on any atom is 0.248 e. The maximum atomic E-state index is 11.7. The van der Waals surface area contributed by atoms with Gasteiger partial charge < -0.3 is 9.73 Å². The highest BCUT2D eigenvalue weighted by molar-refractivity contribution is 6.44. The lowest BCUT2D eigenvalue weighted by Crippen LogP contribution is -2.08. The number of amides is 1. The van der Waals surface area contributed by atoms with Gasteiger partial charge in [0.2, 0.25) is 5.91 Å². The molecule has 3 nitrogen and oxygen atoms in total. The minimum absolute atomic E-state index is 0.314. The van der Waals surface area contributed by atoms with Crippen LogP contribution in [0.5, 0.6) is 0 Å². The van der Waals surface area contributed by atoms with Crippen LogP contribution in [0.3, 0.4) is 0 Å². The highest BCUT2D eigenvalue weighted by Crippen LogP contribution is 2.32. The first-order chi connectivity index (χ1) is 9.06. The number of furan rings is 1. The summed E-state index contributed by atoms with van der Waals surface area (Å²) in [5.74, 6) is 0.229. The third-order valence-corrected chi connectivity index (χ3v) is 3.24. The Hall–Kier alpha value is -1.42. The first-order valence-electron chi connectivity index (χ1n) is 5.23. The van der Waals surface area contributed by atoms with Crippen LogP contribution in [0.25, 0.3) is 6.08 Å². The Bertz CT molecular complexity index is 621. The second-order valence-electron chi connectivity index (χ2n) is 3.58. The number of carbonyl (C=O) groups excluding carboxylic acids is 1. The van der Waals surface area contributed by atoms with Gasteiger partial charge in [-0.15, -0.1) is 0 Å². The molecule has 0 aliphatic rings. The normalized spacial score (nSPS) is 10.9. The molecule has 1 amide bonds. The molecule has 6 heteroatoms. The first kappa shape index (κ1) is 14.0. The van der Waals surface area contributed by atoms with Crippen molar-refractivity contribution in [2.75, 3.05) is 5.32 Å². The number of carbonyl (C=O) groups is 1. The standard InChI is InChI=1S/C13H8Cl3NO2/c14-9-6-11(16)12(7-10(9)15)17-13(18)4-3-8-2-1-5-19-8/h1-7H,(H,17,18)/b4-3+. The van der Waals surface area contributed by atoms with Crippen molar-refractivity contribution in [3.8, 4) is 0 Å². The van der Waals surface area contributed by atoms with Crippen molar-refractivity contribution in [1.82, 2.24) is 0 Å². The lowest BCUT2D eigenvalue weighted by Gasteiger charge is -2.06. The van der Waals surface area contributed by atoms with E-state index in [1.54, 1.807) is 18.2 Å². The predicted octanol–water partition coefficient (Wildman–Crippen LogP) is 4.89. The largest absolute Gasteiger partial charge is 0.465 e. The maximum absolute atomic E-state index is 11.7. The van der Waals surface area contributed by atoms with Crippen LogP contribution in [0.2, 0.25) is 15.1 Å². The van der Waals surface area contributed by atoms with Gasteiger partial charge in [-0.2, -0.15) is 0 Å². The summed E-state index contributed by atoms with van der Waals surface area (Å²) in [4.78, 5) is 11.7. The molecule has 1 heterocycles. The van der Waals surface area contributed by atoms with Crippen molar-refractivity contribution in [2.45, 2.75) is 0 Å². The zero-order chi connectivity index (χ0) is 13.8. The van der Waals surface area contributed by atoms with Gasteiger partial charge in [-0.1, -0.05) is 34.8 Å². The molecule has 0 saturated heterocycles. The van der Waals surface area contributed by atoms with Gasteiger partial charge in [0.05, 0.1) is 27.0 Å². The highest BCUT2D eigenvalue weighted by Gasteiger charge is 2.07. The molecule has 0 saturated carbocycles. The van der Waals surface area contributed by atoms with E-state index in [0.29, 0.717) is 26.5 Å². The Balaban J connectivity index is 2.09. The van der Waals surface area contributed by atoms with E-state index in [2.05, 4.69) is 5.32 Å². The number of hydrogen-bond donors (Lipinski definition) is 1. The topological polar surface area (TPSA) is 42.2 Å². The molecule has 0 radical (unpaired) electrons. The second kappa shape index (κ2) is 6.15. The minimum atomic E-state index is -0.350. The van der Waals surface area contributed by atoms with Gasteiger partial charge in [-0.25, -0.2) is 0 Å². The Kier molecular flexibility index (Phi) is 4.53. The lowest BCUT2D eigenvalue weighted by molar-refractivity contribution is -0.111. The molecule has 2 aromatic rings. The number of halogens is 3. The summed E-state index contributed by atoms with van der Waals surface area (Å²) in [5, 5.41) is 3.56. The second-order valence-corrected chi connectivity index (χ2v) is 4.81. The molecule has 0 atom stereocenters. The van der Waals surface area contributed by atoms with Crippen molar-refractivity contribution < 1.29 is 9.21 Å². The number of benzene rings is 1. The SMILES string of the molecule is O=C(/C=C/c1ccco1)Nc1cc(Cl)c(Cl)cc1Cl. The molecule has 0 aliphatic heterocycles. The Labute approximate surface area is 124 Å². The summed E-state index contributed by atoms with van der Waals surface area (Å²) >= 11 is 17.6. The van der Waals surface area contributed by atoms with Gasteiger partial charge in [0.1, 0.15) is 5.76 Å².